The highest BCUT2D eigenvalue weighted by molar-refractivity contribution is 6.35. The van der Waals surface area contributed by atoms with Crippen LogP contribution in [0.4, 0.5) is 14.9 Å². The van der Waals surface area contributed by atoms with Crippen LogP contribution < -0.4 is 19.1 Å². The highest BCUT2D eigenvalue weighted by Crippen LogP contribution is 2.38. The van der Waals surface area contributed by atoms with Gasteiger partial charge >= 0.3 is 12.1 Å². The van der Waals surface area contributed by atoms with Crippen molar-refractivity contribution in [3.63, 3.8) is 0 Å². The summed E-state index contributed by atoms with van der Waals surface area (Å²) in [7, 11) is 1.57. The number of ether oxygens (including phenoxy) is 4. The maximum atomic E-state index is 15.1. The molecule has 0 radical (unpaired) electrons. The zero-order valence-electron chi connectivity index (χ0n) is 29.9. The molecule has 1 saturated carbocycles. The first-order chi connectivity index (χ1) is 26.1. The topological polar surface area (TPSA) is 104 Å². The molecule has 0 spiro atoms. The van der Waals surface area contributed by atoms with Crippen LogP contribution in [0, 0.1) is 16.9 Å². The number of hydrogen-bond acceptors (Lipinski definition) is 8. The van der Waals surface area contributed by atoms with Crippen LogP contribution in [-0.2, 0) is 22.4 Å². The lowest BCUT2D eigenvalue weighted by atomic mass is 9.86. The van der Waals surface area contributed by atoms with E-state index in [1.807, 2.05) is 0 Å². The van der Waals surface area contributed by atoms with Crippen molar-refractivity contribution in [3.8, 4) is 11.5 Å². The Morgan fingerprint density at radius 1 is 0.963 bits per heavy atom. The maximum absolute atomic E-state index is 15.1. The molecular formula is C41H42Cl2FN3O7. The number of benzene rings is 3. The Kier molecular flexibility index (Phi) is 11.8. The molecule has 3 saturated heterocycles. The van der Waals surface area contributed by atoms with Gasteiger partial charge in [0, 0.05) is 18.5 Å². The van der Waals surface area contributed by atoms with Gasteiger partial charge in [-0.15, -0.1) is 0 Å². The van der Waals surface area contributed by atoms with E-state index in [4.69, 9.17) is 42.1 Å². The van der Waals surface area contributed by atoms with E-state index in [1.54, 1.807) is 67.8 Å². The fraction of sp³-hybridized carbons (Fsp3) is 0.390. The SMILES string of the molecule is COc1ccc(C(Cc2c(Cl)c[n+]([O-])cc2Cl)OC(=O)c2ccc(CN(C(=O)O[C@H]3CN4CCC3CC4)c3ccccc3F)cc2)cc1OC1CCCC1. The quantitative estimate of drug-likeness (QED) is 0.0802. The van der Waals surface area contributed by atoms with Crippen LogP contribution in [0.15, 0.2) is 79.1 Å². The Balaban J connectivity index is 1.11. The summed E-state index contributed by atoms with van der Waals surface area (Å²) >= 11 is 12.9. The molecule has 3 aromatic carbocycles. The van der Waals surface area contributed by atoms with Crippen LogP contribution in [0.5, 0.6) is 11.5 Å². The molecule has 1 unspecified atom stereocenters. The highest BCUT2D eigenvalue weighted by Gasteiger charge is 2.38. The molecule has 4 fully saturated rings. The maximum Gasteiger partial charge on any atom is 0.415 e. The smallest absolute Gasteiger partial charge is 0.415 e. The van der Waals surface area contributed by atoms with E-state index in [0.717, 1.165) is 51.6 Å². The molecule has 8 rings (SSSR count). The van der Waals surface area contributed by atoms with Crippen molar-refractivity contribution in [1.29, 1.82) is 0 Å². The molecule has 3 aliphatic heterocycles. The number of hydrogen-bond donors (Lipinski definition) is 0. The van der Waals surface area contributed by atoms with E-state index in [-0.39, 0.29) is 52.4 Å². The second-order valence-corrected chi connectivity index (χ2v) is 14.9. The van der Waals surface area contributed by atoms with Crippen LogP contribution >= 0.6 is 23.2 Å². The standard InChI is InChI=1S/C41H42Cl2FN3O7/c1-51-36-15-14-29(20-38(36)52-30-6-2-3-7-30)37(21-31-32(42)23-46(50)24-33(31)43)53-40(48)28-12-10-26(11-13-28)22-47(35-9-5-4-8-34(35)44)41(49)54-39-25-45-18-16-27(39)17-19-45/h4-5,8-15,20,23-24,27,30,37,39H,2-3,6-7,16-19,21-22,25H2,1H3/t37?,39-/m0/s1. The van der Waals surface area contributed by atoms with Gasteiger partial charge in [-0.25, -0.2) is 14.0 Å². The Hall–Kier alpha value is -4.58. The van der Waals surface area contributed by atoms with Gasteiger partial charge in [-0.1, -0.05) is 53.5 Å². The van der Waals surface area contributed by atoms with E-state index >= 15 is 4.39 Å². The number of nitrogens with zero attached hydrogens (tertiary/aromatic N) is 3. The van der Waals surface area contributed by atoms with Crippen molar-refractivity contribution >= 4 is 41.0 Å². The molecule has 1 aromatic heterocycles. The normalized spacial score (nSPS) is 20.0. The minimum Gasteiger partial charge on any atom is -0.619 e. The van der Waals surface area contributed by atoms with Gasteiger partial charge in [0.25, 0.3) is 0 Å². The number of para-hydroxylation sites is 1. The van der Waals surface area contributed by atoms with Crippen molar-refractivity contribution in [1.82, 2.24) is 4.90 Å². The van der Waals surface area contributed by atoms with E-state index in [2.05, 4.69) is 4.90 Å². The Morgan fingerprint density at radius 2 is 1.67 bits per heavy atom. The summed E-state index contributed by atoms with van der Waals surface area (Å²) in [6.07, 6.45) is 6.72. The summed E-state index contributed by atoms with van der Waals surface area (Å²) in [4.78, 5) is 31.0. The van der Waals surface area contributed by atoms with E-state index in [0.29, 0.717) is 39.5 Å². The summed E-state index contributed by atoms with van der Waals surface area (Å²) in [6, 6.07) is 18.0. The summed E-state index contributed by atoms with van der Waals surface area (Å²) < 4.78 is 39.7. The van der Waals surface area contributed by atoms with Crippen molar-refractivity contribution in [2.75, 3.05) is 31.6 Å². The van der Waals surface area contributed by atoms with Crippen LogP contribution in [0.25, 0.3) is 0 Å². The van der Waals surface area contributed by atoms with Crippen LogP contribution in [0.3, 0.4) is 0 Å². The van der Waals surface area contributed by atoms with E-state index in [9.17, 15) is 14.8 Å². The number of esters is 1. The van der Waals surface area contributed by atoms with Gasteiger partial charge in [-0.05, 0) is 105 Å². The molecular weight excluding hydrogens is 736 g/mol. The third-order valence-corrected chi connectivity index (χ3v) is 11.2. The number of carbonyl (C=O) groups is 2. The lowest BCUT2D eigenvalue weighted by molar-refractivity contribution is -0.605. The number of carbonyl (C=O) groups excluding carboxylic acids is 2. The fourth-order valence-corrected chi connectivity index (χ4v) is 8.19. The largest absolute Gasteiger partial charge is 0.619 e. The minimum atomic E-state index is -0.885. The molecule has 54 heavy (non-hydrogen) atoms. The zero-order valence-corrected chi connectivity index (χ0v) is 31.4. The highest BCUT2D eigenvalue weighted by atomic mass is 35.5. The molecule has 4 aliphatic rings. The van der Waals surface area contributed by atoms with Gasteiger partial charge in [-0.3, -0.25) is 9.80 Å². The lowest BCUT2D eigenvalue weighted by Crippen LogP contribution is -2.53. The molecule has 0 N–H and O–H groups in total. The number of pyridine rings is 1. The number of aromatic nitrogens is 1. The first kappa shape index (κ1) is 37.7. The van der Waals surface area contributed by atoms with Crippen LogP contribution in [0.2, 0.25) is 10.0 Å². The number of fused-ring (bicyclic) bond motifs is 3. The molecule has 1 amide bonds. The second-order valence-electron chi connectivity index (χ2n) is 14.1. The summed E-state index contributed by atoms with van der Waals surface area (Å²) in [5, 5.41) is 12.3. The number of anilines is 1. The van der Waals surface area contributed by atoms with Gasteiger partial charge < -0.3 is 24.2 Å². The fourth-order valence-electron chi connectivity index (χ4n) is 7.59. The van der Waals surface area contributed by atoms with Crippen molar-refractivity contribution in [2.24, 2.45) is 5.92 Å². The first-order valence-electron chi connectivity index (χ1n) is 18.3. The zero-order chi connectivity index (χ0) is 37.8. The molecule has 4 aromatic rings. The molecule has 2 atom stereocenters. The Labute approximate surface area is 323 Å². The number of rotatable bonds is 12. The van der Waals surface area contributed by atoms with Gasteiger partial charge in [0.2, 0.25) is 0 Å². The Bertz CT molecular complexity index is 1950. The van der Waals surface area contributed by atoms with Crippen LogP contribution in [0.1, 0.15) is 71.7 Å². The molecule has 13 heteroatoms. The molecule has 10 nitrogen and oxygen atoms in total. The number of amides is 1. The van der Waals surface area contributed by atoms with Gasteiger partial charge in [0.15, 0.2) is 23.9 Å². The number of methoxy groups -OCH3 is 1. The number of halogens is 3. The molecule has 284 valence electrons. The first-order valence-corrected chi connectivity index (χ1v) is 19.1. The predicted molar refractivity (Wildman–Crippen MR) is 202 cm³/mol. The van der Waals surface area contributed by atoms with E-state index < -0.39 is 24.0 Å². The van der Waals surface area contributed by atoms with Gasteiger partial charge in [0.1, 0.15) is 28.1 Å². The molecule has 4 heterocycles. The summed E-state index contributed by atoms with van der Waals surface area (Å²) in [6.45, 7) is 2.68. The minimum absolute atomic E-state index is 0.0131. The third kappa shape index (κ3) is 8.69. The second kappa shape index (κ2) is 16.8. The summed E-state index contributed by atoms with van der Waals surface area (Å²) in [5.74, 6) is 0.189. The average Bonchev–Trinajstić information content (AvgIpc) is 3.69. The Morgan fingerprint density at radius 3 is 2.31 bits per heavy atom. The van der Waals surface area contributed by atoms with Crippen molar-refractivity contribution in [2.45, 2.75) is 69.8 Å². The van der Waals surface area contributed by atoms with Crippen molar-refractivity contribution < 1.29 is 37.7 Å². The molecule has 1 aliphatic carbocycles. The summed E-state index contributed by atoms with van der Waals surface area (Å²) in [5.41, 5.74) is 2.05. The van der Waals surface area contributed by atoms with Gasteiger partial charge in [-0.2, -0.15) is 4.73 Å². The predicted octanol–water partition coefficient (Wildman–Crippen LogP) is 8.47. The van der Waals surface area contributed by atoms with Gasteiger partial charge in [0.05, 0.1) is 31.0 Å². The molecule has 2 bridgehead atoms. The average molecular weight is 779 g/mol. The third-order valence-electron chi connectivity index (χ3n) is 10.6. The van der Waals surface area contributed by atoms with E-state index in [1.165, 1.54) is 23.4 Å². The lowest BCUT2D eigenvalue weighted by Gasteiger charge is -2.44. The van der Waals surface area contributed by atoms with Crippen LogP contribution in [-0.4, -0.2) is 55.9 Å². The number of piperidine rings is 3. The monoisotopic (exact) mass is 777 g/mol. The van der Waals surface area contributed by atoms with Crippen molar-refractivity contribution in [3.05, 3.63) is 122 Å².